The molecule has 0 fully saturated rings. The maximum Gasteiger partial charge on any atom is 0.123 e. The summed E-state index contributed by atoms with van der Waals surface area (Å²) in [6, 6.07) is 16.8. The van der Waals surface area contributed by atoms with Crippen molar-refractivity contribution in [3.63, 3.8) is 0 Å². The molecule has 3 nitrogen and oxygen atoms in total. The quantitative estimate of drug-likeness (QED) is 0.787. The number of fused-ring (bicyclic) bond motifs is 1. The van der Waals surface area contributed by atoms with Crippen LogP contribution in [0, 0.1) is 5.82 Å². The van der Waals surface area contributed by atoms with Crippen LogP contribution in [0.4, 0.5) is 4.39 Å². The van der Waals surface area contributed by atoms with Crippen LogP contribution in [0.1, 0.15) is 11.3 Å². The molecule has 0 unspecified atom stereocenters. The Morgan fingerprint density at radius 2 is 1.65 bits per heavy atom. The topological polar surface area (TPSA) is 29.9 Å². The van der Waals surface area contributed by atoms with E-state index in [9.17, 15) is 4.39 Å². The van der Waals surface area contributed by atoms with Crippen molar-refractivity contribution in [3.8, 4) is 16.9 Å². The van der Waals surface area contributed by atoms with Gasteiger partial charge in [-0.25, -0.2) is 9.07 Å². The van der Waals surface area contributed by atoms with E-state index in [2.05, 4.69) is 17.4 Å². The first-order valence-corrected chi connectivity index (χ1v) is 7.96. The zero-order valence-corrected chi connectivity index (χ0v) is 12.8. The summed E-state index contributed by atoms with van der Waals surface area (Å²) < 4.78 is 15.3. The second kappa shape index (κ2) is 5.97. The maximum absolute atomic E-state index is 13.3. The van der Waals surface area contributed by atoms with Gasteiger partial charge in [0.2, 0.25) is 0 Å². The van der Waals surface area contributed by atoms with Gasteiger partial charge >= 0.3 is 0 Å². The first kappa shape index (κ1) is 14.2. The van der Waals surface area contributed by atoms with Gasteiger partial charge in [0, 0.05) is 24.1 Å². The van der Waals surface area contributed by atoms with Gasteiger partial charge in [-0.05, 0) is 49.4 Å². The number of rotatable bonds is 2. The number of hydrogen-bond donors (Lipinski definition) is 1. The lowest BCUT2D eigenvalue weighted by Gasteiger charge is -2.10. The first-order valence-electron chi connectivity index (χ1n) is 7.96. The molecule has 1 aliphatic rings. The predicted molar refractivity (Wildman–Crippen MR) is 89.2 cm³/mol. The Labute approximate surface area is 134 Å². The van der Waals surface area contributed by atoms with Crippen molar-refractivity contribution in [2.24, 2.45) is 0 Å². The van der Waals surface area contributed by atoms with E-state index in [1.54, 1.807) is 0 Å². The second-order valence-corrected chi connectivity index (χ2v) is 5.78. The summed E-state index contributed by atoms with van der Waals surface area (Å²) in [5.74, 6) is -0.215. The molecule has 0 aliphatic carbocycles. The molecule has 0 spiro atoms. The molecule has 0 amide bonds. The van der Waals surface area contributed by atoms with E-state index in [1.807, 2.05) is 35.0 Å². The molecular weight excluding hydrogens is 289 g/mol. The summed E-state index contributed by atoms with van der Waals surface area (Å²) in [5, 5.41) is 8.28. The van der Waals surface area contributed by atoms with Crippen LogP contribution in [-0.2, 0) is 12.8 Å². The molecule has 4 heteroatoms. The highest BCUT2D eigenvalue weighted by atomic mass is 19.1. The Morgan fingerprint density at radius 1 is 0.913 bits per heavy atom. The third-order valence-corrected chi connectivity index (χ3v) is 4.28. The summed E-state index contributed by atoms with van der Waals surface area (Å²) in [6.07, 6.45) is 1.86. The second-order valence-electron chi connectivity index (χ2n) is 5.78. The van der Waals surface area contributed by atoms with E-state index in [-0.39, 0.29) is 5.82 Å². The van der Waals surface area contributed by atoms with Gasteiger partial charge < -0.3 is 5.32 Å². The van der Waals surface area contributed by atoms with Gasteiger partial charge in [0.15, 0.2) is 0 Å². The van der Waals surface area contributed by atoms with Crippen LogP contribution in [0.3, 0.4) is 0 Å². The molecule has 0 atom stereocenters. The van der Waals surface area contributed by atoms with Crippen molar-refractivity contribution in [1.82, 2.24) is 15.1 Å². The van der Waals surface area contributed by atoms with E-state index in [1.165, 1.54) is 17.7 Å². The molecule has 0 bridgehead atoms. The molecule has 2 aromatic carbocycles. The van der Waals surface area contributed by atoms with Gasteiger partial charge in [-0.15, -0.1) is 0 Å². The highest BCUT2D eigenvalue weighted by molar-refractivity contribution is 5.67. The van der Waals surface area contributed by atoms with E-state index >= 15 is 0 Å². The highest BCUT2D eigenvalue weighted by Gasteiger charge is 2.21. The molecule has 2 heterocycles. The van der Waals surface area contributed by atoms with E-state index in [0.717, 1.165) is 48.6 Å². The van der Waals surface area contributed by atoms with E-state index in [0.29, 0.717) is 0 Å². The minimum absolute atomic E-state index is 0.215. The highest BCUT2D eigenvalue weighted by Crippen LogP contribution is 2.30. The van der Waals surface area contributed by atoms with Gasteiger partial charge in [-0.3, -0.25) is 0 Å². The fourth-order valence-corrected chi connectivity index (χ4v) is 3.16. The average Bonchev–Trinajstić information content (AvgIpc) is 2.79. The number of para-hydroxylation sites is 1. The summed E-state index contributed by atoms with van der Waals surface area (Å²) in [7, 11) is 0. The Bertz CT molecular complexity index is 807. The molecule has 23 heavy (non-hydrogen) atoms. The first-order chi connectivity index (χ1) is 11.3. The van der Waals surface area contributed by atoms with Crippen LogP contribution < -0.4 is 5.32 Å². The molecule has 116 valence electrons. The van der Waals surface area contributed by atoms with Crippen molar-refractivity contribution >= 4 is 0 Å². The molecule has 1 aliphatic heterocycles. The Morgan fingerprint density at radius 3 is 2.43 bits per heavy atom. The predicted octanol–water partition coefficient (Wildman–Crippen LogP) is 3.37. The van der Waals surface area contributed by atoms with Crippen molar-refractivity contribution in [2.45, 2.75) is 12.8 Å². The van der Waals surface area contributed by atoms with Crippen molar-refractivity contribution < 1.29 is 4.39 Å². The van der Waals surface area contributed by atoms with Crippen molar-refractivity contribution in [2.75, 3.05) is 13.1 Å². The van der Waals surface area contributed by atoms with Gasteiger partial charge in [0.25, 0.3) is 0 Å². The van der Waals surface area contributed by atoms with Crippen molar-refractivity contribution in [3.05, 3.63) is 71.7 Å². The minimum atomic E-state index is -0.215. The van der Waals surface area contributed by atoms with Crippen LogP contribution in [-0.4, -0.2) is 22.9 Å². The van der Waals surface area contributed by atoms with Crippen molar-refractivity contribution in [1.29, 1.82) is 0 Å². The number of aromatic nitrogens is 2. The molecule has 1 N–H and O–H groups in total. The molecular formula is C19H18FN3. The fourth-order valence-electron chi connectivity index (χ4n) is 3.16. The normalized spacial score (nSPS) is 14.3. The van der Waals surface area contributed by atoms with E-state index in [4.69, 9.17) is 5.10 Å². The average molecular weight is 307 g/mol. The fraction of sp³-hybridized carbons (Fsp3) is 0.211. The lowest BCUT2D eigenvalue weighted by molar-refractivity contribution is 0.628. The van der Waals surface area contributed by atoms with Crippen LogP contribution >= 0.6 is 0 Å². The third kappa shape index (κ3) is 2.66. The largest absolute Gasteiger partial charge is 0.316 e. The molecule has 4 rings (SSSR count). The number of nitrogens with one attached hydrogen (secondary N) is 1. The van der Waals surface area contributed by atoms with Gasteiger partial charge in [-0.2, -0.15) is 5.10 Å². The van der Waals surface area contributed by atoms with Crippen LogP contribution in [0.5, 0.6) is 0 Å². The zero-order chi connectivity index (χ0) is 15.6. The third-order valence-electron chi connectivity index (χ3n) is 4.28. The molecule has 0 saturated carbocycles. The minimum Gasteiger partial charge on any atom is -0.316 e. The zero-order valence-electron chi connectivity index (χ0n) is 12.8. The molecule has 3 aromatic rings. The molecule has 0 radical (unpaired) electrons. The molecule has 0 saturated heterocycles. The summed E-state index contributed by atoms with van der Waals surface area (Å²) in [6.45, 7) is 1.89. The SMILES string of the molecule is Fc1ccc(-c2c3c(nn2-c2ccccc2)CCNCC3)cc1. The Kier molecular flexibility index (Phi) is 3.67. The monoisotopic (exact) mass is 307 g/mol. The van der Waals surface area contributed by atoms with Crippen LogP contribution in [0.25, 0.3) is 16.9 Å². The summed E-state index contributed by atoms with van der Waals surface area (Å²) >= 11 is 0. The Balaban J connectivity index is 1.93. The summed E-state index contributed by atoms with van der Waals surface area (Å²) in [5.41, 5.74) is 5.53. The lowest BCUT2D eigenvalue weighted by Crippen LogP contribution is -2.17. The number of benzene rings is 2. The van der Waals surface area contributed by atoms with E-state index < -0.39 is 0 Å². The summed E-state index contributed by atoms with van der Waals surface area (Å²) in [4.78, 5) is 0. The smallest absolute Gasteiger partial charge is 0.123 e. The number of halogens is 1. The van der Waals surface area contributed by atoms with Crippen LogP contribution in [0.2, 0.25) is 0 Å². The maximum atomic E-state index is 13.3. The number of nitrogens with zero attached hydrogens (tertiary/aromatic N) is 2. The lowest BCUT2D eigenvalue weighted by atomic mass is 10.0. The van der Waals surface area contributed by atoms with Gasteiger partial charge in [0.05, 0.1) is 17.1 Å². The van der Waals surface area contributed by atoms with Crippen LogP contribution in [0.15, 0.2) is 54.6 Å². The molecule has 1 aromatic heterocycles. The van der Waals surface area contributed by atoms with Gasteiger partial charge in [0.1, 0.15) is 5.82 Å². The standard InChI is InChI=1S/C19H18FN3/c20-15-8-6-14(7-9-15)19-17-10-12-21-13-11-18(17)22-23(19)16-4-2-1-3-5-16/h1-9,21H,10-13H2. The van der Waals surface area contributed by atoms with Gasteiger partial charge in [-0.1, -0.05) is 18.2 Å². The Hall–Kier alpha value is -2.46. The number of hydrogen-bond acceptors (Lipinski definition) is 2.